The van der Waals surface area contributed by atoms with Gasteiger partial charge in [-0.25, -0.2) is 0 Å². The number of ether oxygens (including phenoxy) is 2. The van der Waals surface area contributed by atoms with E-state index in [-0.39, 0.29) is 0 Å². The number of aryl methyl sites for hydroxylation is 1. The smallest absolute Gasteiger partial charge is 0.161 e. The average molecular weight is 218 g/mol. The Bertz CT molecular complexity index is 394. The van der Waals surface area contributed by atoms with Gasteiger partial charge in [-0.1, -0.05) is 12.2 Å². The van der Waals surface area contributed by atoms with Crippen molar-refractivity contribution in [2.45, 2.75) is 26.7 Å². The van der Waals surface area contributed by atoms with Crippen molar-refractivity contribution in [1.82, 2.24) is 0 Å². The molecule has 16 heavy (non-hydrogen) atoms. The Balaban J connectivity index is 2.38. The van der Waals surface area contributed by atoms with Crippen molar-refractivity contribution >= 4 is 6.08 Å². The van der Waals surface area contributed by atoms with E-state index in [1.54, 1.807) is 0 Å². The third-order valence-corrected chi connectivity index (χ3v) is 2.68. The van der Waals surface area contributed by atoms with E-state index >= 15 is 0 Å². The lowest BCUT2D eigenvalue weighted by Gasteiger charge is -2.16. The van der Waals surface area contributed by atoms with E-state index < -0.39 is 0 Å². The lowest BCUT2D eigenvalue weighted by molar-refractivity contribution is 0.287. The summed E-state index contributed by atoms with van der Waals surface area (Å²) < 4.78 is 11.2. The molecule has 0 atom stereocenters. The highest BCUT2D eigenvalue weighted by molar-refractivity contribution is 5.62. The fourth-order valence-electron chi connectivity index (χ4n) is 1.98. The lowest BCUT2D eigenvalue weighted by Crippen LogP contribution is -2.02. The molecule has 0 spiro atoms. The molecular weight excluding hydrogens is 200 g/mol. The molecular formula is C14H18O2. The zero-order valence-electron chi connectivity index (χ0n) is 9.95. The van der Waals surface area contributed by atoms with Crippen molar-refractivity contribution in [3.8, 4) is 11.5 Å². The van der Waals surface area contributed by atoms with Crippen LogP contribution in [0, 0.1) is 0 Å². The van der Waals surface area contributed by atoms with Gasteiger partial charge in [0.2, 0.25) is 0 Å². The topological polar surface area (TPSA) is 18.5 Å². The predicted octanol–water partition coefficient (Wildman–Crippen LogP) is 3.44. The van der Waals surface area contributed by atoms with Crippen LogP contribution in [0.5, 0.6) is 11.5 Å². The lowest BCUT2D eigenvalue weighted by atomic mass is 9.97. The Morgan fingerprint density at radius 3 is 2.44 bits per heavy atom. The van der Waals surface area contributed by atoms with Crippen molar-refractivity contribution in [2.24, 2.45) is 0 Å². The third kappa shape index (κ3) is 2.21. The van der Waals surface area contributed by atoms with Gasteiger partial charge >= 0.3 is 0 Å². The fourth-order valence-corrected chi connectivity index (χ4v) is 1.98. The van der Waals surface area contributed by atoms with Crippen LogP contribution in [-0.4, -0.2) is 13.2 Å². The number of rotatable bonds is 4. The first-order chi connectivity index (χ1) is 7.85. The second-order valence-electron chi connectivity index (χ2n) is 3.80. The second-order valence-corrected chi connectivity index (χ2v) is 3.80. The summed E-state index contributed by atoms with van der Waals surface area (Å²) in [6.45, 7) is 5.33. The summed E-state index contributed by atoms with van der Waals surface area (Å²) >= 11 is 0. The zero-order valence-corrected chi connectivity index (χ0v) is 9.95. The van der Waals surface area contributed by atoms with E-state index in [4.69, 9.17) is 9.47 Å². The van der Waals surface area contributed by atoms with Gasteiger partial charge in [0.25, 0.3) is 0 Å². The summed E-state index contributed by atoms with van der Waals surface area (Å²) in [5, 5.41) is 0. The molecule has 0 amide bonds. The van der Waals surface area contributed by atoms with E-state index in [0.29, 0.717) is 13.2 Å². The van der Waals surface area contributed by atoms with E-state index in [9.17, 15) is 0 Å². The highest BCUT2D eigenvalue weighted by atomic mass is 16.5. The molecule has 0 saturated heterocycles. The number of fused-ring (bicyclic) bond motifs is 1. The van der Waals surface area contributed by atoms with Gasteiger partial charge in [0.05, 0.1) is 13.2 Å². The Morgan fingerprint density at radius 1 is 1.06 bits per heavy atom. The Hall–Kier alpha value is -1.44. The number of hydrogen-bond acceptors (Lipinski definition) is 2. The Labute approximate surface area is 96.9 Å². The van der Waals surface area contributed by atoms with Crippen LogP contribution in [0.15, 0.2) is 18.2 Å². The SMILES string of the molecule is CCOc1cc2c(cc1OCC)CCC=C2. The largest absolute Gasteiger partial charge is 0.490 e. The quantitative estimate of drug-likeness (QED) is 0.770. The van der Waals surface area contributed by atoms with Crippen LogP contribution >= 0.6 is 0 Å². The highest BCUT2D eigenvalue weighted by Gasteiger charge is 2.12. The van der Waals surface area contributed by atoms with Crippen molar-refractivity contribution in [1.29, 1.82) is 0 Å². The number of allylic oxidation sites excluding steroid dienone is 1. The van der Waals surface area contributed by atoms with Gasteiger partial charge in [-0.2, -0.15) is 0 Å². The summed E-state index contributed by atoms with van der Waals surface area (Å²) in [6, 6.07) is 4.20. The molecule has 0 fully saturated rings. The standard InChI is InChI=1S/C14H18O2/c1-3-15-13-9-11-7-5-6-8-12(11)10-14(13)16-4-2/h5,7,9-10H,3-4,6,8H2,1-2H3. The zero-order chi connectivity index (χ0) is 11.4. The molecule has 2 nitrogen and oxygen atoms in total. The first kappa shape index (κ1) is 11.1. The molecule has 0 saturated carbocycles. The molecule has 2 heteroatoms. The number of hydrogen-bond donors (Lipinski definition) is 0. The van der Waals surface area contributed by atoms with Crippen LogP contribution in [0.25, 0.3) is 6.08 Å². The molecule has 1 aliphatic carbocycles. The molecule has 1 aliphatic rings. The van der Waals surface area contributed by atoms with E-state index in [1.807, 2.05) is 13.8 Å². The molecule has 86 valence electrons. The molecule has 0 N–H and O–H groups in total. The van der Waals surface area contributed by atoms with Crippen LogP contribution in [0.1, 0.15) is 31.4 Å². The Kier molecular flexibility index (Phi) is 3.50. The maximum atomic E-state index is 5.61. The third-order valence-electron chi connectivity index (χ3n) is 2.68. The minimum absolute atomic E-state index is 0.669. The fraction of sp³-hybridized carbons (Fsp3) is 0.429. The second kappa shape index (κ2) is 5.06. The predicted molar refractivity (Wildman–Crippen MR) is 66.1 cm³/mol. The number of benzene rings is 1. The van der Waals surface area contributed by atoms with Crippen LogP contribution in [-0.2, 0) is 6.42 Å². The summed E-state index contributed by atoms with van der Waals surface area (Å²) in [5.41, 5.74) is 2.62. The maximum Gasteiger partial charge on any atom is 0.161 e. The first-order valence-corrected chi connectivity index (χ1v) is 5.94. The maximum absolute atomic E-state index is 5.61. The molecule has 0 bridgehead atoms. The van der Waals surface area contributed by atoms with Gasteiger partial charge in [0, 0.05) is 0 Å². The Morgan fingerprint density at radius 2 is 1.75 bits per heavy atom. The van der Waals surface area contributed by atoms with Gasteiger partial charge in [0.15, 0.2) is 11.5 Å². The molecule has 1 aromatic rings. The summed E-state index contributed by atoms with van der Waals surface area (Å²) in [5.74, 6) is 1.73. The van der Waals surface area contributed by atoms with Gasteiger partial charge in [-0.15, -0.1) is 0 Å². The summed E-state index contributed by atoms with van der Waals surface area (Å²) in [4.78, 5) is 0. The van der Waals surface area contributed by atoms with Gasteiger partial charge in [0.1, 0.15) is 0 Å². The molecule has 2 rings (SSSR count). The average Bonchev–Trinajstić information content (AvgIpc) is 2.30. The van der Waals surface area contributed by atoms with E-state index in [0.717, 1.165) is 24.3 Å². The van der Waals surface area contributed by atoms with Crippen molar-refractivity contribution < 1.29 is 9.47 Å². The summed E-state index contributed by atoms with van der Waals surface area (Å²) in [7, 11) is 0. The molecule has 0 radical (unpaired) electrons. The molecule has 0 aromatic heterocycles. The van der Waals surface area contributed by atoms with Crippen LogP contribution in [0.2, 0.25) is 0 Å². The normalized spacial score (nSPS) is 13.4. The van der Waals surface area contributed by atoms with Crippen molar-refractivity contribution in [3.05, 3.63) is 29.3 Å². The van der Waals surface area contributed by atoms with Crippen molar-refractivity contribution in [2.75, 3.05) is 13.2 Å². The molecule has 0 aliphatic heterocycles. The van der Waals surface area contributed by atoms with Crippen molar-refractivity contribution in [3.63, 3.8) is 0 Å². The first-order valence-electron chi connectivity index (χ1n) is 5.94. The minimum Gasteiger partial charge on any atom is -0.490 e. The summed E-state index contributed by atoms with van der Waals surface area (Å²) in [6.07, 6.45) is 6.58. The highest BCUT2D eigenvalue weighted by Crippen LogP contribution is 2.33. The van der Waals surface area contributed by atoms with Gasteiger partial charge in [-0.05, 0) is 49.9 Å². The van der Waals surface area contributed by atoms with Crippen LogP contribution in [0.4, 0.5) is 0 Å². The van der Waals surface area contributed by atoms with Gasteiger partial charge in [-0.3, -0.25) is 0 Å². The molecule has 0 unspecified atom stereocenters. The monoisotopic (exact) mass is 218 g/mol. The molecule has 1 aromatic carbocycles. The van der Waals surface area contributed by atoms with E-state index in [2.05, 4.69) is 24.3 Å². The molecule has 0 heterocycles. The van der Waals surface area contributed by atoms with Gasteiger partial charge < -0.3 is 9.47 Å². The van der Waals surface area contributed by atoms with E-state index in [1.165, 1.54) is 11.1 Å². The van der Waals surface area contributed by atoms with Crippen LogP contribution in [0.3, 0.4) is 0 Å². The minimum atomic E-state index is 0.669. The van der Waals surface area contributed by atoms with Crippen LogP contribution < -0.4 is 9.47 Å².